The summed E-state index contributed by atoms with van der Waals surface area (Å²) >= 11 is 0. The van der Waals surface area contributed by atoms with Crippen molar-refractivity contribution in [3.63, 3.8) is 0 Å². The van der Waals surface area contributed by atoms with Crippen LogP contribution in [0.1, 0.15) is 11.4 Å². The van der Waals surface area contributed by atoms with Gasteiger partial charge in [0, 0.05) is 25.4 Å². The van der Waals surface area contributed by atoms with Crippen molar-refractivity contribution in [3.8, 4) is 0 Å². The summed E-state index contributed by atoms with van der Waals surface area (Å²) in [5.41, 5.74) is -0.00773. The summed E-state index contributed by atoms with van der Waals surface area (Å²) in [5.74, 6) is 1.16. The van der Waals surface area contributed by atoms with Crippen LogP contribution in [-0.2, 0) is 12.6 Å². The Hall–Kier alpha value is -2.64. The predicted molar refractivity (Wildman–Crippen MR) is 74.4 cm³/mol. The Bertz CT molecular complexity index is 764. The second-order valence-electron chi connectivity index (χ2n) is 4.65. The minimum absolute atomic E-state index is 0.391. The van der Waals surface area contributed by atoms with Gasteiger partial charge in [0.25, 0.3) is 0 Å². The Morgan fingerprint density at radius 3 is 2.68 bits per heavy atom. The first-order chi connectivity index (χ1) is 10.5. The molecule has 3 rings (SSSR count). The fourth-order valence-electron chi connectivity index (χ4n) is 2.03. The van der Waals surface area contributed by atoms with Gasteiger partial charge in [0.1, 0.15) is 11.6 Å². The third-order valence-electron chi connectivity index (χ3n) is 3.13. The van der Waals surface area contributed by atoms with Crippen LogP contribution in [0, 0.1) is 0 Å². The van der Waals surface area contributed by atoms with Gasteiger partial charge in [0.15, 0.2) is 5.65 Å². The summed E-state index contributed by atoms with van der Waals surface area (Å²) in [4.78, 5) is 3.75. The lowest BCUT2D eigenvalue weighted by atomic mass is 10.3. The van der Waals surface area contributed by atoms with Crippen molar-refractivity contribution in [2.75, 3.05) is 11.9 Å². The highest BCUT2D eigenvalue weighted by Gasteiger charge is 2.30. The molecule has 0 aliphatic rings. The van der Waals surface area contributed by atoms with E-state index in [2.05, 4.69) is 20.5 Å². The highest BCUT2D eigenvalue weighted by Crippen LogP contribution is 2.28. The second-order valence-corrected chi connectivity index (χ2v) is 4.65. The number of anilines is 1. The standard InChI is InChI=1S/C14H12F3N5/c15-14(16,17)10-4-5-11(19-9-10)18-7-6-13-21-20-12-3-1-2-8-22(12)13/h1-5,8-9H,6-7H2,(H,18,19). The monoisotopic (exact) mass is 307 g/mol. The molecule has 0 atom stereocenters. The Morgan fingerprint density at radius 1 is 1.09 bits per heavy atom. The molecule has 22 heavy (non-hydrogen) atoms. The van der Waals surface area contributed by atoms with Crippen LogP contribution in [0.25, 0.3) is 5.65 Å². The summed E-state index contributed by atoms with van der Waals surface area (Å²) in [6.45, 7) is 0.494. The van der Waals surface area contributed by atoms with Gasteiger partial charge in [-0.05, 0) is 24.3 Å². The Kier molecular flexibility index (Phi) is 3.66. The number of alkyl halides is 3. The number of halogens is 3. The molecule has 5 nitrogen and oxygen atoms in total. The fraction of sp³-hybridized carbons (Fsp3) is 0.214. The maximum atomic E-state index is 12.4. The molecule has 3 aromatic heterocycles. The molecule has 0 amide bonds. The Labute approximate surface area is 123 Å². The first-order valence-electron chi connectivity index (χ1n) is 6.60. The van der Waals surface area contributed by atoms with E-state index in [1.54, 1.807) is 0 Å². The van der Waals surface area contributed by atoms with E-state index in [0.29, 0.717) is 18.8 Å². The first kappa shape index (κ1) is 14.3. The van der Waals surface area contributed by atoms with E-state index in [4.69, 9.17) is 0 Å². The molecule has 0 saturated heterocycles. The lowest BCUT2D eigenvalue weighted by Gasteiger charge is -2.08. The van der Waals surface area contributed by atoms with Crippen LogP contribution in [0.3, 0.4) is 0 Å². The van der Waals surface area contributed by atoms with Crippen LogP contribution in [-0.4, -0.2) is 26.1 Å². The van der Waals surface area contributed by atoms with Crippen molar-refractivity contribution in [3.05, 3.63) is 54.1 Å². The van der Waals surface area contributed by atoms with Crippen molar-refractivity contribution in [2.24, 2.45) is 0 Å². The quantitative estimate of drug-likeness (QED) is 0.805. The number of nitrogens with zero attached hydrogens (tertiary/aromatic N) is 4. The third kappa shape index (κ3) is 3.00. The van der Waals surface area contributed by atoms with Crippen molar-refractivity contribution in [2.45, 2.75) is 12.6 Å². The smallest absolute Gasteiger partial charge is 0.370 e. The number of fused-ring (bicyclic) bond motifs is 1. The minimum Gasteiger partial charge on any atom is -0.370 e. The number of hydrogen-bond acceptors (Lipinski definition) is 4. The summed E-state index contributed by atoms with van der Waals surface area (Å²) in [6, 6.07) is 7.91. The molecular formula is C14H12F3N5. The van der Waals surface area contributed by atoms with Gasteiger partial charge in [-0.3, -0.25) is 4.40 Å². The lowest BCUT2D eigenvalue weighted by Crippen LogP contribution is -2.10. The lowest BCUT2D eigenvalue weighted by molar-refractivity contribution is -0.137. The maximum Gasteiger partial charge on any atom is 0.417 e. The van der Waals surface area contributed by atoms with Gasteiger partial charge in [0.05, 0.1) is 5.56 Å². The highest BCUT2D eigenvalue weighted by molar-refractivity contribution is 5.38. The molecule has 0 fully saturated rings. The van der Waals surface area contributed by atoms with Gasteiger partial charge >= 0.3 is 6.18 Å². The zero-order valence-electron chi connectivity index (χ0n) is 11.4. The topological polar surface area (TPSA) is 55.1 Å². The van der Waals surface area contributed by atoms with E-state index in [0.717, 1.165) is 23.7 Å². The zero-order chi connectivity index (χ0) is 15.6. The molecular weight excluding hydrogens is 295 g/mol. The average Bonchev–Trinajstić information content (AvgIpc) is 2.90. The van der Waals surface area contributed by atoms with Crippen LogP contribution in [0.4, 0.5) is 19.0 Å². The summed E-state index contributed by atoms with van der Waals surface area (Å²) in [5, 5.41) is 11.1. The SMILES string of the molecule is FC(F)(F)c1ccc(NCCc2nnc3ccccn23)nc1. The van der Waals surface area contributed by atoms with E-state index in [-0.39, 0.29) is 0 Å². The van der Waals surface area contributed by atoms with Gasteiger partial charge in [-0.2, -0.15) is 13.2 Å². The van der Waals surface area contributed by atoms with E-state index >= 15 is 0 Å². The van der Waals surface area contributed by atoms with Crippen LogP contribution >= 0.6 is 0 Å². The summed E-state index contributed by atoms with van der Waals surface area (Å²) in [6.07, 6.45) is -1.12. The molecule has 0 aromatic carbocycles. The summed E-state index contributed by atoms with van der Waals surface area (Å²) in [7, 11) is 0. The molecule has 114 valence electrons. The van der Waals surface area contributed by atoms with Crippen molar-refractivity contribution < 1.29 is 13.2 Å². The molecule has 0 unspecified atom stereocenters. The zero-order valence-corrected chi connectivity index (χ0v) is 11.4. The van der Waals surface area contributed by atoms with Crippen LogP contribution in [0.5, 0.6) is 0 Å². The largest absolute Gasteiger partial charge is 0.417 e. The number of nitrogens with one attached hydrogen (secondary N) is 1. The van der Waals surface area contributed by atoms with Crippen molar-refractivity contribution in [1.82, 2.24) is 19.6 Å². The fourth-order valence-corrected chi connectivity index (χ4v) is 2.03. The molecule has 0 aliphatic carbocycles. The molecule has 0 spiro atoms. The molecule has 0 radical (unpaired) electrons. The van der Waals surface area contributed by atoms with Crippen molar-refractivity contribution >= 4 is 11.5 Å². The van der Waals surface area contributed by atoms with Crippen LogP contribution < -0.4 is 5.32 Å². The van der Waals surface area contributed by atoms with E-state index in [1.807, 2.05) is 28.8 Å². The van der Waals surface area contributed by atoms with E-state index < -0.39 is 11.7 Å². The Balaban J connectivity index is 1.61. The number of hydrogen-bond donors (Lipinski definition) is 1. The third-order valence-corrected chi connectivity index (χ3v) is 3.13. The highest BCUT2D eigenvalue weighted by atomic mass is 19.4. The molecule has 3 aromatic rings. The Morgan fingerprint density at radius 2 is 1.95 bits per heavy atom. The van der Waals surface area contributed by atoms with Crippen LogP contribution in [0.15, 0.2) is 42.7 Å². The van der Waals surface area contributed by atoms with Gasteiger partial charge in [-0.1, -0.05) is 6.07 Å². The van der Waals surface area contributed by atoms with Gasteiger partial charge in [-0.15, -0.1) is 10.2 Å². The average molecular weight is 307 g/mol. The molecule has 3 heterocycles. The molecule has 8 heteroatoms. The molecule has 1 N–H and O–H groups in total. The van der Waals surface area contributed by atoms with E-state index in [9.17, 15) is 13.2 Å². The van der Waals surface area contributed by atoms with Gasteiger partial charge < -0.3 is 5.32 Å². The number of aromatic nitrogens is 4. The van der Waals surface area contributed by atoms with E-state index in [1.165, 1.54) is 6.07 Å². The van der Waals surface area contributed by atoms with Gasteiger partial charge in [-0.25, -0.2) is 4.98 Å². The molecule has 0 aliphatic heterocycles. The van der Waals surface area contributed by atoms with Crippen molar-refractivity contribution in [1.29, 1.82) is 0 Å². The normalized spacial score (nSPS) is 11.8. The predicted octanol–water partition coefficient (Wildman–Crippen LogP) is 2.80. The van der Waals surface area contributed by atoms with Gasteiger partial charge in [0.2, 0.25) is 0 Å². The summed E-state index contributed by atoms with van der Waals surface area (Å²) < 4.78 is 39.1. The van der Waals surface area contributed by atoms with Crippen LogP contribution in [0.2, 0.25) is 0 Å². The minimum atomic E-state index is -4.37. The maximum absolute atomic E-state index is 12.4. The number of rotatable bonds is 4. The first-order valence-corrected chi connectivity index (χ1v) is 6.60. The molecule has 0 saturated carbocycles. The molecule has 0 bridgehead atoms. The number of pyridine rings is 2. The second kappa shape index (κ2) is 5.63.